The number of amides is 1. The lowest BCUT2D eigenvalue weighted by molar-refractivity contribution is 0.00892. The van der Waals surface area contributed by atoms with E-state index in [1.807, 2.05) is 24.3 Å². The minimum atomic E-state index is -0.259. The van der Waals surface area contributed by atoms with Gasteiger partial charge in [0.25, 0.3) is 0 Å². The van der Waals surface area contributed by atoms with E-state index in [0.717, 1.165) is 57.1 Å². The summed E-state index contributed by atoms with van der Waals surface area (Å²) in [6, 6.07) is 8.68. The first-order valence-corrected chi connectivity index (χ1v) is 11.5. The van der Waals surface area contributed by atoms with Gasteiger partial charge in [0.1, 0.15) is 18.5 Å². The summed E-state index contributed by atoms with van der Waals surface area (Å²) in [5.41, 5.74) is 0.878. The number of cyclic esters (lactones) is 1. The predicted octanol–water partition coefficient (Wildman–Crippen LogP) is 2.74. The number of carbonyl (C=O) groups is 1. The maximum Gasteiger partial charge on any atom is 0.414 e. The zero-order valence-corrected chi connectivity index (χ0v) is 17.7. The fourth-order valence-electron chi connectivity index (χ4n) is 5.09. The Morgan fingerprint density at radius 2 is 1.70 bits per heavy atom. The van der Waals surface area contributed by atoms with E-state index in [4.69, 9.17) is 14.2 Å². The van der Waals surface area contributed by atoms with Gasteiger partial charge >= 0.3 is 6.09 Å². The molecule has 0 unspecified atom stereocenters. The van der Waals surface area contributed by atoms with Crippen LogP contribution >= 0.6 is 0 Å². The van der Waals surface area contributed by atoms with Gasteiger partial charge in [0, 0.05) is 44.2 Å². The molecule has 0 N–H and O–H groups in total. The number of hydrogen-bond donors (Lipinski definition) is 0. The van der Waals surface area contributed by atoms with Gasteiger partial charge in [-0.1, -0.05) is 6.42 Å². The van der Waals surface area contributed by atoms with E-state index in [-0.39, 0.29) is 12.1 Å². The van der Waals surface area contributed by atoms with Crippen LogP contribution in [0.5, 0.6) is 5.75 Å². The van der Waals surface area contributed by atoms with E-state index in [0.29, 0.717) is 18.8 Å². The van der Waals surface area contributed by atoms with Crippen LogP contribution < -0.4 is 9.64 Å². The van der Waals surface area contributed by atoms with Gasteiger partial charge in [-0.15, -0.1) is 0 Å². The summed E-state index contributed by atoms with van der Waals surface area (Å²) in [4.78, 5) is 19.1. The van der Waals surface area contributed by atoms with Crippen LogP contribution in [0.4, 0.5) is 10.5 Å². The lowest BCUT2D eigenvalue weighted by Crippen LogP contribution is -2.50. The molecule has 3 heterocycles. The van der Waals surface area contributed by atoms with Gasteiger partial charge in [-0.05, 0) is 50.2 Å². The van der Waals surface area contributed by atoms with E-state index in [9.17, 15) is 4.79 Å². The van der Waals surface area contributed by atoms with Gasteiger partial charge in [0.15, 0.2) is 0 Å². The van der Waals surface area contributed by atoms with E-state index in [2.05, 4.69) is 9.80 Å². The third-order valence-electron chi connectivity index (χ3n) is 6.93. The highest BCUT2D eigenvalue weighted by molar-refractivity contribution is 5.90. The molecule has 30 heavy (non-hydrogen) atoms. The Kier molecular flexibility index (Phi) is 6.11. The van der Waals surface area contributed by atoms with Crippen molar-refractivity contribution >= 4 is 11.8 Å². The fourth-order valence-corrected chi connectivity index (χ4v) is 5.09. The second-order valence-corrected chi connectivity index (χ2v) is 8.97. The maximum atomic E-state index is 12.4. The number of morpholine rings is 1. The topological polar surface area (TPSA) is 54.5 Å². The lowest BCUT2D eigenvalue weighted by atomic mass is 9.86. The average Bonchev–Trinajstić information content (AvgIpc) is 3.12. The third-order valence-corrected chi connectivity index (χ3v) is 6.93. The molecule has 0 bridgehead atoms. The number of hydrogen-bond acceptors (Lipinski definition) is 6. The summed E-state index contributed by atoms with van der Waals surface area (Å²) in [6.07, 6.45) is 6.37. The zero-order chi connectivity index (χ0) is 20.3. The molecule has 0 radical (unpaired) electrons. The lowest BCUT2D eigenvalue weighted by Gasteiger charge is -2.44. The average molecular weight is 416 g/mol. The highest BCUT2D eigenvalue weighted by Gasteiger charge is 2.37. The van der Waals surface area contributed by atoms with Crippen LogP contribution in [0.3, 0.4) is 0 Å². The van der Waals surface area contributed by atoms with Crippen molar-refractivity contribution in [2.24, 2.45) is 0 Å². The van der Waals surface area contributed by atoms with Crippen LogP contribution in [0.15, 0.2) is 24.3 Å². The summed E-state index contributed by atoms with van der Waals surface area (Å²) < 4.78 is 17.0. The van der Waals surface area contributed by atoms with Gasteiger partial charge in [-0.3, -0.25) is 9.80 Å². The van der Waals surface area contributed by atoms with Crippen LogP contribution in [0.1, 0.15) is 32.1 Å². The van der Waals surface area contributed by atoms with Gasteiger partial charge < -0.3 is 19.1 Å². The molecule has 3 saturated heterocycles. The third kappa shape index (κ3) is 4.43. The molecule has 3 aliphatic heterocycles. The molecule has 1 aliphatic carbocycles. The Morgan fingerprint density at radius 1 is 0.967 bits per heavy atom. The number of piperidine rings is 1. The quantitative estimate of drug-likeness (QED) is 0.712. The number of likely N-dealkylation sites (tertiary alicyclic amines) is 1. The van der Waals surface area contributed by atoms with Gasteiger partial charge in [-0.25, -0.2) is 4.79 Å². The van der Waals surface area contributed by atoms with Crippen molar-refractivity contribution in [2.45, 2.75) is 50.3 Å². The summed E-state index contributed by atoms with van der Waals surface area (Å²) in [5.74, 6) is 0.887. The van der Waals surface area contributed by atoms with Crippen molar-refractivity contribution < 1.29 is 19.0 Å². The molecule has 4 fully saturated rings. The highest BCUT2D eigenvalue weighted by Crippen LogP contribution is 2.33. The second kappa shape index (κ2) is 9.12. The zero-order valence-electron chi connectivity index (χ0n) is 17.7. The molecule has 7 nitrogen and oxygen atoms in total. The summed E-state index contributed by atoms with van der Waals surface area (Å²) in [7, 11) is 0. The highest BCUT2D eigenvalue weighted by atomic mass is 16.6. The number of rotatable bonds is 6. The van der Waals surface area contributed by atoms with Crippen molar-refractivity contribution in [2.75, 3.05) is 57.4 Å². The monoisotopic (exact) mass is 415 g/mol. The maximum absolute atomic E-state index is 12.4. The standard InChI is InChI=1S/C23H33N3O4/c27-23-26(20(17-29-23)16-24-10-12-28-13-11-24)18-4-6-21(7-5-18)30-22-14-19(15-22)25-8-2-1-3-9-25/h4-7,19-20,22H,1-3,8-17H2/t19-,20-,22-/m1/s1. The first kappa shape index (κ1) is 20.1. The summed E-state index contributed by atoms with van der Waals surface area (Å²) in [6.45, 7) is 7.09. The molecule has 1 saturated carbocycles. The normalized spacial score (nSPS) is 30.7. The smallest absolute Gasteiger partial charge is 0.414 e. The molecule has 5 rings (SSSR count). The number of ether oxygens (including phenoxy) is 3. The minimum absolute atomic E-state index is 0.0410. The fraction of sp³-hybridized carbons (Fsp3) is 0.696. The van der Waals surface area contributed by atoms with Gasteiger partial charge in [0.2, 0.25) is 0 Å². The Bertz CT molecular complexity index is 710. The van der Waals surface area contributed by atoms with Crippen molar-refractivity contribution in [1.29, 1.82) is 0 Å². The molecule has 0 aromatic heterocycles. The Morgan fingerprint density at radius 3 is 2.43 bits per heavy atom. The van der Waals surface area contributed by atoms with Crippen molar-refractivity contribution in [3.8, 4) is 5.75 Å². The van der Waals surface area contributed by atoms with Crippen molar-refractivity contribution in [3.05, 3.63) is 24.3 Å². The Hall–Kier alpha value is -1.83. The number of nitrogens with zero attached hydrogens (tertiary/aromatic N) is 3. The number of benzene rings is 1. The van der Waals surface area contributed by atoms with Gasteiger partial charge in [-0.2, -0.15) is 0 Å². The first-order chi connectivity index (χ1) is 14.8. The van der Waals surface area contributed by atoms with E-state index >= 15 is 0 Å². The molecule has 1 atom stereocenters. The predicted molar refractivity (Wildman–Crippen MR) is 114 cm³/mol. The molecule has 164 valence electrons. The van der Waals surface area contributed by atoms with E-state index in [1.165, 1.54) is 32.4 Å². The van der Waals surface area contributed by atoms with Crippen molar-refractivity contribution in [1.82, 2.24) is 9.80 Å². The van der Waals surface area contributed by atoms with Crippen LogP contribution in [0.2, 0.25) is 0 Å². The number of carbonyl (C=O) groups excluding carboxylic acids is 1. The molecule has 1 amide bonds. The largest absolute Gasteiger partial charge is 0.490 e. The summed E-state index contributed by atoms with van der Waals surface area (Å²) >= 11 is 0. The van der Waals surface area contributed by atoms with Crippen LogP contribution in [0, 0.1) is 0 Å². The Labute approximate surface area is 178 Å². The van der Waals surface area contributed by atoms with Crippen LogP contribution in [-0.2, 0) is 9.47 Å². The molecular formula is C23H33N3O4. The van der Waals surface area contributed by atoms with Crippen molar-refractivity contribution in [3.63, 3.8) is 0 Å². The Balaban J connectivity index is 1.15. The van der Waals surface area contributed by atoms with Gasteiger partial charge in [0.05, 0.1) is 19.3 Å². The van der Waals surface area contributed by atoms with E-state index < -0.39 is 0 Å². The first-order valence-electron chi connectivity index (χ1n) is 11.5. The van der Waals surface area contributed by atoms with Crippen LogP contribution in [-0.4, -0.2) is 86.6 Å². The number of anilines is 1. The molecular weight excluding hydrogens is 382 g/mol. The molecule has 1 aromatic carbocycles. The van der Waals surface area contributed by atoms with E-state index in [1.54, 1.807) is 4.90 Å². The SMILES string of the molecule is O=C1OC[C@@H](CN2CCOCC2)N1c1ccc(O[C@H]2C[C@H](N3CCCCC3)C2)cc1. The second-order valence-electron chi connectivity index (χ2n) is 8.97. The molecule has 1 aromatic rings. The molecule has 4 aliphatic rings. The molecule has 7 heteroatoms. The van der Waals surface area contributed by atoms with Crippen LogP contribution in [0.25, 0.3) is 0 Å². The molecule has 0 spiro atoms. The minimum Gasteiger partial charge on any atom is -0.490 e. The summed E-state index contributed by atoms with van der Waals surface area (Å²) in [5, 5.41) is 0.